The molecule has 0 aliphatic carbocycles. The minimum atomic E-state index is 0.205. The fourth-order valence-electron chi connectivity index (χ4n) is 2.28. The maximum atomic E-state index is 5.67. The molecule has 1 saturated heterocycles. The standard InChI is InChI=1S/C16H20N2OS2/c1-11(2)19-13-5-3-12(4-6-13)14-10-21-16(18-14)15-9-20-8-7-17-15/h3-6,10-11,15,17H,7-9H2,1-2H3. The lowest BCUT2D eigenvalue weighted by atomic mass is 10.1. The van der Waals surface area contributed by atoms with E-state index in [1.807, 2.05) is 37.7 Å². The molecule has 0 radical (unpaired) electrons. The van der Waals surface area contributed by atoms with E-state index in [0.717, 1.165) is 29.3 Å². The van der Waals surface area contributed by atoms with Gasteiger partial charge in [-0.1, -0.05) is 0 Å². The Morgan fingerprint density at radius 3 is 2.76 bits per heavy atom. The van der Waals surface area contributed by atoms with Crippen LogP contribution < -0.4 is 10.1 Å². The summed E-state index contributed by atoms with van der Waals surface area (Å²) in [5.74, 6) is 3.23. The molecular formula is C16H20N2OS2. The quantitative estimate of drug-likeness (QED) is 0.924. The van der Waals surface area contributed by atoms with Crippen molar-refractivity contribution in [3.05, 3.63) is 34.7 Å². The number of rotatable bonds is 4. The number of thioether (sulfide) groups is 1. The molecule has 0 amide bonds. The summed E-state index contributed by atoms with van der Waals surface area (Å²) in [6, 6.07) is 8.61. The summed E-state index contributed by atoms with van der Waals surface area (Å²) in [6.07, 6.45) is 0.205. The van der Waals surface area contributed by atoms with Gasteiger partial charge in [-0.05, 0) is 38.1 Å². The van der Waals surface area contributed by atoms with Gasteiger partial charge in [-0.2, -0.15) is 11.8 Å². The molecule has 1 N–H and O–H groups in total. The van der Waals surface area contributed by atoms with E-state index in [0.29, 0.717) is 6.04 Å². The van der Waals surface area contributed by atoms with Crippen molar-refractivity contribution in [3.8, 4) is 17.0 Å². The second-order valence-electron chi connectivity index (χ2n) is 5.34. The van der Waals surface area contributed by atoms with Gasteiger partial charge in [-0.25, -0.2) is 4.98 Å². The Kier molecular flexibility index (Phi) is 4.83. The first-order valence-electron chi connectivity index (χ1n) is 7.26. The Hall–Kier alpha value is -1.04. The number of ether oxygens (including phenoxy) is 1. The highest BCUT2D eigenvalue weighted by molar-refractivity contribution is 7.99. The monoisotopic (exact) mass is 320 g/mol. The van der Waals surface area contributed by atoms with Gasteiger partial charge < -0.3 is 10.1 Å². The molecule has 1 fully saturated rings. The lowest BCUT2D eigenvalue weighted by Gasteiger charge is -2.20. The highest BCUT2D eigenvalue weighted by atomic mass is 32.2. The fraction of sp³-hybridized carbons (Fsp3) is 0.438. The smallest absolute Gasteiger partial charge is 0.119 e. The number of benzene rings is 1. The van der Waals surface area contributed by atoms with E-state index < -0.39 is 0 Å². The van der Waals surface area contributed by atoms with Crippen molar-refractivity contribution in [1.29, 1.82) is 0 Å². The van der Waals surface area contributed by atoms with E-state index in [4.69, 9.17) is 9.72 Å². The molecule has 1 aliphatic rings. The van der Waals surface area contributed by atoms with E-state index in [2.05, 4.69) is 22.8 Å². The maximum absolute atomic E-state index is 5.67. The van der Waals surface area contributed by atoms with E-state index in [1.165, 1.54) is 10.8 Å². The van der Waals surface area contributed by atoms with E-state index in [9.17, 15) is 0 Å². The number of nitrogens with one attached hydrogen (secondary N) is 1. The average molecular weight is 320 g/mol. The van der Waals surface area contributed by atoms with E-state index in [1.54, 1.807) is 11.3 Å². The molecule has 2 aromatic rings. The first-order valence-corrected chi connectivity index (χ1v) is 9.29. The number of nitrogens with zero attached hydrogens (tertiary/aromatic N) is 1. The fourth-order valence-corrected chi connectivity index (χ4v) is 4.23. The van der Waals surface area contributed by atoms with Crippen molar-refractivity contribution >= 4 is 23.1 Å². The number of hydrogen-bond donors (Lipinski definition) is 1. The Morgan fingerprint density at radius 1 is 1.29 bits per heavy atom. The topological polar surface area (TPSA) is 34.1 Å². The predicted molar refractivity (Wildman–Crippen MR) is 91.4 cm³/mol. The van der Waals surface area contributed by atoms with Crippen molar-refractivity contribution < 1.29 is 4.74 Å². The van der Waals surface area contributed by atoms with Gasteiger partial charge in [0.1, 0.15) is 10.8 Å². The van der Waals surface area contributed by atoms with Crippen LogP contribution in [0, 0.1) is 0 Å². The number of hydrogen-bond acceptors (Lipinski definition) is 5. The summed E-state index contributed by atoms with van der Waals surface area (Å²) in [5, 5.41) is 6.88. The van der Waals surface area contributed by atoms with Crippen LogP contribution in [0.1, 0.15) is 24.9 Å². The molecule has 1 aromatic carbocycles. The van der Waals surface area contributed by atoms with Crippen LogP contribution in [0.15, 0.2) is 29.6 Å². The van der Waals surface area contributed by atoms with Gasteiger partial charge >= 0.3 is 0 Å². The van der Waals surface area contributed by atoms with Crippen molar-refractivity contribution in [1.82, 2.24) is 10.3 Å². The zero-order valence-corrected chi connectivity index (χ0v) is 14.0. The molecule has 3 rings (SSSR count). The van der Waals surface area contributed by atoms with Crippen LogP contribution >= 0.6 is 23.1 Å². The molecule has 1 aromatic heterocycles. The highest BCUT2D eigenvalue weighted by Crippen LogP contribution is 2.29. The Labute approximate surface area is 134 Å². The first kappa shape index (κ1) is 14.9. The van der Waals surface area contributed by atoms with Gasteiger partial charge in [0.25, 0.3) is 0 Å². The second kappa shape index (κ2) is 6.81. The van der Waals surface area contributed by atoms with Gasteiger partial charge in [0.15, 0.2) is 0 Å². The molecule has 0 saturated carbocycles. The molecule has 1 aliphatic heterocycles. The van der Waals surface area contributed by atoms with Crippen LogP contribution in [0.5, 0.6) is 5.75 Å². The maximum Gasteiger partial charge on any atom is 0.119 e. The van der Waals surface area contributed by atoms with Crippen molar-refractivity contribution in [2.45, 2.75) is 26.0 Å². The molecule has 2 heterocycles. The predicted octanol–water partition coefficient (Wildman–Crippen LogP) is 3.97. The van der Waals surface area contributed by atoms with Gasteiger partial charge in [0.2, 0.25) is 0 Å². The van der Waals surface area contributed by atoms with Crippen LogP contribution in [0.4, 0.5) is 0 Å². The SMILES string of the molecule is CC(C)Oc1ccc(-c2csc(C3CSCCN3)n2)cc1. The third kappa shape index (κ3) is 3.78. The Bertz CT molecular complexity index is 574. The lowest BCUT2D eigenvalue weighted by molar-refractivity contribution is 0.242. The van der Waals surface area contributed by atoms with Gasteiger partial charge in [0.05, 0.1) is 17.8 Å². The van der Waals surface area contributed by atoms with Crippen LogP contribution in [0.25, 0.3) is 11.3 Å². The molecule has 5 heteroatoms. The van der Waals surface area contributed by atoms with Crippen molar-refractivity contribution in [2.24, 2.45) is 0 Å². The van der Waals surface area contributed by atoms with Gasteiger partial charge in [-0.3, -0.25) is 0 Å². The Balaban J connectivity index is 1.73. The van der Waals surface area contributed by atoms with Crippen LogP contribution in [0.3, 0.4) is 0 Å². The summed E-state index contributed by atoms with van der Waals surface area (Å²) in [6.45, 7) is 5.15. The number of thiazole rings is 1. The molecule has 1 atom stereocenters. The van der Waals surface area contributed by atoms with E-state index in [-0.39, 0.29) is 6.10 Å². The van der Waals surface area contributed by atoms with Gasteiger partial charge in [0, 0.05) is 29.0 Å². The normalized spacial score (nSPS) is 18.9. The number of aromatic nitrogens is 1. The molecule has 0 spiro atoms. The molecular weight excluding hydrogens is 300 g/mol. The van der Waals surface area contributed by atoms with Gasteiger partial charge in [-0.15, -0.1) is 11.3 Å². The summed E-state index contributed by atoms with van der Waals surface area (Å²) >= 11 is 3.75. The van der Waals surface area contributed by atoms with Crippen molar-refractivity contribution in [3.63, 3.8) is 0 Å². The minimum absolute atomic E-state index is 0.205. The second-order valence-corrected chi connectivity index (χ2v) is 7.38. The Morgan fingerprint density at radius 2 is 2.10 bits per heavy atom. The molecule has 1 unspecified atom stereocenters. The summed E-state index contributed by atoms with van der Waals surface area (Å²) in [4.78, 5) is 4.80. The minimum Gasteiger partial charge on any atom is -0.491 e. The third-order valence-corrected chi connectivity index (χ3v) is 5.28. The van der Waals surface area contributed by atoms with E-state index >= 15 is 0 Å². The summed E-state index contributed by atoms with van der Waals surface area (Å²) in [5.41, 5.74) is 2.21. The van der Waals surface area contributed by atoms with Crippen LogP contribution in [0.2, 0.25) is 0 Å². The largest absolute Gasteiger partial charge is 0.491 e. The summed E-state index contributed by atoms with van der Waals surface area (Å²) < 4.78 is 5.67. The third-order valence-electron chi connectivity index (χ3n) is 3.26. The van der Waals surface area contributed by atoms with Crippen LogP contribution in [-0.2, 0) is 0 Å². The molecule has 112 valence electrons. The first-order chi connectivity index (χ1) is 10.2. The summed E-state index contributed by atoms with van der Waals surface area (Å²) in [7, 11) is 0. The van der Waals surface area contributed by atoms with Crippen LogP contribution in [-0.4, -0.2) is 29.1 Å². The molecule has 21 heavy (non-hydrogen) atoms. The zero-order valence-electron chi connectivity index (χ0n) is 12.3. The zero-order chi connectivity index (χ0) is 14.7. The molecule has 3 nitrogen and oxygen atoms in total. The molecule has 0 bridgehead atoms. The lowest BCUT2D eigenvalue weighted by Crippen LogP contribution is -2.30. The van der Waals surface area contributed by atoms with Crippen molar-refractivity contribution in [2.75, 3.05) is 18.1 Å². The average Bonchev–Trinajstić information content (AvgIpc) is 2.98. The highest BCUT2D eigenvalue weighted by Gasteiger charge is 2.18.